The molecule has 0 saturated carbocycles. The van der Waals surface area contributed by atoms with Crippen molar-refractivity contribution in [3.8, 4) is 0 Å². The van der Waals surface area contributed by atoms with Crippen LogP contribution in [0.4, 0.5) is 18.0 Å². The largest absolute Gasteiger partial charge is 0.463 e. The maximum absolute atomic E-state index is 13.2. The molecule has 3 amide bonds. The molecule has 0 spiro atoms. The van der Waals surface area contributed by atoms with Gasteiger partial charge in [-0.05, 0) is 31.0 Å². The Morgan fingerprint density at radius 2 is 1.87 bits per heavy atom. The van der Waals surface area contributed by atoms with Crippen LogP contribution < -0.4 is 5.32 Å². The number of benzene rings is 1. The fourth-order valence-corrected chi connectivity index (χ4v) is 4.56. The molecule has 1 N–H and O–H groups in total. The van der Waals surface area contributed by atoms with Gasteiger partial charge in [-0.1, -0.05) is 18.2 Å². The first kappa shape index (κ1) is 29.2. The lowest BCUT2D eigenvalue weighted by Crippen LogP contribution is -2.51. The third-order valence-electron chi connectivity index (χ3n) is 6.40. The fraction of sp³-hybridized carbons (Fsp3) is 0.500. The fourth-order valence-electron chi connectivity index (χ4n) is 4.56. The van der Waals surface area contributed by atoms with E-state index in [1.54, 1.807) is 11.8 Å². The van der Waals surface area contributed by atoms with Crippen molar-refractivity contribution in [2.24, 2.45) is 0 Å². The molecule has 1 aromatic carbocycles. The smallest absolute Gasteiger partial charge is 0.416 e. The highest BCUT2D eigenvalue weighted by atomic mass is 19.4. The maximum Gasteiger partial charge on any atom is 0.416 e. The number of carbonyl (C=O) groups is 3. The van der Waals surface area contributed by atoms with Crippen molar-refractivity contribution in [3.63, 3.8) is 0 Å². The normalized spacial score (nSPS) is 19.2. The van der Waals surface area contributed by atoms with Gasteiger partial charge in [-0.3, -0.25) is 14.6 Å². The summed E-state index contributed by atoms with van der Waals surface area (Å²) in [6, 6.07) is 2.81. The SMILES string of the molecule is C=CCN1C(=O)N[C@@H](c2ccc(C(F)(F)F)cc2)C(C(=O)OCC)=C1CN1CCCN(C(=O)COC)CC1. The minimum absolute atomic E-state index is 0.0136. The molecule has 2 heterocycles. The summed E-state index contributed by atoms with van der Waals surface area (Å²) in [7, 11) is 1.46. The maximum atomic E-state index is 13.2. The Morgan fingerprint density at radius 3 is 2.47 bits per heavy atom. The number of carbonyl (C=O) groups excluding carboxylic acids is 3. The number of rotatable bonds is 9. The van der Waals surface area contributed by atoms with Crippen molar-refractivity contribution in [1.29, 1.82) is 0 Å². The van der Waals surface area contributed by atoms with Gasteiger partial charge in [-0.25, -0.2) is 9.59 Å². The predicted octanol–water partition coefficient (Wildman–Crippen LogP) is 2.96. The molecule has 1 atom stereocenters. The molecule has 1 saturated heterocycles. The molecule has 3 rings (SSSR count). The van der Waals surface area contributed by atoms with E-state index in [0.717, 1.165) is 12.1 Å². The molecular weight excluding hydrogens is 505 g/mol. The molecule has 2 aliphatic rings. The van der Waals surface area contributed by atoms with Gasteiger partial charge in [-0.2, -0.15) is 13.2 Å². The lowest BCUT2D eigenvalue weighted by molar-refractivity contribution is -0.139. The average Bonchev–Trinajstić information content (AvgIpc) is 3.11. The van der Waals surface area contributed by atoms with Crippen molar-refractivity contribution in [3.05, 3.63) is 59.3 Å². The lowest BCUT2D eigenvalue weighted by atomic mass is 9.93. The van der Waals surface area contributed by atoms with E-state index in [1.807, 2.05) is 4.90 Å². The second-order valence-corrected chi connectivity index (χ2v) is 8.93. The molecule has 1 aromatic rings. The van der Waals surface area contributed by atoms with E-state index in [0.29, 0.717) is 43.9 Å². The van der Waals surface area contributed by atoms with Crippen molar-refractivity contribution < 1.29 is 37.0 Å². The highest BCUT2D eigenvalue weighted by molar-refractivity contribution is 5.95. The van der Waals surface area contributed by atoms with Gasteiger partial charge in [0, 0.05) is 52.1 Å². The predicted molar refractivity (Wildman–Crippen MR) is 133 cm³/mol. The van der Waals surface area contributed by atoms with E-state index in [-0.39, 0.29) is 37.8 Å². The topological polar surface area (TPSA) is 91.4 Å². The first-order valence-corrected chi connectivity index (χ1v) is 12.4. The quantitative estimate of drug-likeness (QED) is 0.384. The zero-order valence-electron chi connectivity index (χ0n) is 21.6. The number of halogens is 3. The van der Waals surface area contributed by atoms with Crippen molar-refractivity contribution in [2.45, 2.75) is 25.6 Å². The van der Waals surface area contributed by atoms with Crippen molar-refractivity contribution in [2.75, 3.05) is 59.6 Å². The third kappa shape index (κ3) is 6.93. The first-order chi connectivity index (χ1) is 18.1. The van der Waals surface area contributed by atoms with Gasteiger partial charge in [0.1, 0.15) is 6.61 Å². The Bertz CT molecular complexity index is 1060. The van der Waals surface area contributed by atoms with Crippen LogP contribution in [0, 0.1) is 0 Å². The highest BCUT2D eigenvalue weighted by Crippen LogP contribution is 2.35. The molecule has 0 bridgehead atoms. The molecule has 0 aromatic heterocycles. The van der Waals surface area contributed by atoms with E-state index < -0.39 is 29.8 Å². The van der Waals surface area contributed by atoms with Crippen molar-refractivity contribution >= 4 is 17.9 Å². The summed E-state index contributed by atoms with van der Waals surface area (Å²) in [5, 5.41) is 2.74. The summed E-state index contributed by atoms with van der Waals surface area (Å²) in [4.78, 5) is 43.8. The van der Waals surface area contributed by atoms with Gasteiger partial charge < -0.3 is 19.7 Å². The lowest BCUT2D eigenvalue weighted by Gasteiger charge is -2.38. The minimum atomic E-state index is -4.52. The van der Waals surface area contributed by atoms with Crippen LogP contribution in [0.2, 0.25) is 0 Å². The zero-order valence-corrected chi connectivity index (χ0v) is 21.6. The first-order valence-electron chi connectivity index (χ1n) is 12.4. The monoisotopic (exact) mass is 538 g/mol. The molecule has 0 unspecified atom stereocenters. The number of alkyl halides is 3. The van der Waals surface area contributed by atoms with Crippen LogP contribution in [0.25, 0.3) is 0 Å². The Labute approximate surface area is 219 Å². The number of esters is 1. The number of urea groups is 1. The Kier molecular flexibility index (Phi) is 9.92. The van der Waals surface area contributed by atoms with Gasteiger partial charge in [0.15, 0.2) is 0 Å². The average molecular weight is 539 g/mol. The van der Waals surface area contributed by atoms with Crippen molar-refractivity contribution in [1.82, 2.24) is 20.0 Å². The molecule has 38 heavy (non-hydrogen) atoms. The van der Waals surface area contributed by atoms with Crippen LogP contribution in [-0.4, -0.2) is 92.2 Å². The summed E-state index contributed by atoms with van der Waals surface area (Å²) in [6.45, 7) is 7.81. The van der Waals surface area contributed by atoms with Gasteiger partial charge in [0.25, 0.3) is 0 Å². The summed E-state index contributed by atoms with van der Waals surface area (Å²) in [5.74, 6) is -0.790. The van der Waals surface area contributed by atoms with E-state index in [1.165, 1.54) is 30.2 Å². The molecular formula is C26H33F3N4O5. The van der Waals surface area contributed by atoms with Gasteiger partial charge in [0.05, 0.1) is 23.8 Å². The zero-order chi connectivity index (χ0) is 27.9. The van der Waals surface area contributed by atoms with E-state index in [4.69, 9.17) is 9.47 Å². The Morgan fingerprint density at radius 1 is 1.16 bits per heavy atom. The number of ether oxygens (including phenoxy) is 2. The van der Waals surface area contributed by atoms with Crippen LogP contribution in [0.15, 0.2) is 48.2 Å². The van der Waals surface area contributed by atoms with Gasteiger partial charge in [0.2, 0.25) is 5.91 Å². The molecule has 12 heteroatoms. The number of methoxy groups -OCH3 is 1. The number of nitrogens with one attached hydrogen (secondary N) is 1. The van der Waals surface area contributed by atoms with Crippen LogP contribution >= 0.6 is 0 Å². The van der Waals surface area contributed by atoms with E-state index >= 15 is 0 Å². The van der Waals surface area contributed by atoms with Gasteiger partial charge >= 0.3 is 18.2 Å². The summed E-state index contributed by atoms with van der Waals surface area (Å²) < 4.78 is 49.7. The van der Waals surface area contributed by atoms with Crippen LogP contribution in [0.5, 0.6) is 0 Å². The van der Waals surface area contributed by atoms with Gasteiger partial charge in [-0.15, -0.1) is 6.58 Å². The highest BCUT2D eigenvalue weighted by Gasteiger charge is 2.39. The summed E-state index contributed by atoms with van der Waals surface area (Å²) in [5.41, 5.74) is 0.00588. The second-order valence-electron chi connectivity index (χ2n) is 8.93. The van der Waals surface area contributed by atoms with E-state index in [2.05, 4.69) is 11.9 Å². The molecule has 0 aliphatic carbocycles. The standard InChI is InChI=1S/C26H33F3N4O5/c1-4-11-33-20(16-31-12-6-13-32(15-14-31)21(34)17-37-3)22(24(35)38-5-2)23(30-25(33)36)18-7-9-19(10-8-18)26(27,28)29/h4,7-10,23H,1,5-6,11-17H2,2-3H3,(H,30,36)/t23-/m0/s1. The number of hydrogen-bond acceptors (Lipinski definition) is 6. The molecule has 1 fully saturated rings. The molecule has 2 aliphatic heterocycles. The minimum Gasteiger partial charge on any atom is -0.463 e. The second kappa shape index (κ2) is 12.9. The third-order valence-corrected chi connectivity index (χ3v) is 6.40. The van der Waals surface area contributed by atoms with Crippen LogP contribution in [-0.2, 0) is 25.2 Å². The molecule has 208 valence electrons. The Balaban J connectivity index is 2.00. The number of nitrogens with zero attached hydrogens (tertiary/aromatic N) is 3. The summed E-state index contributed by atoms with van der Waals surface area (Å²) >= 11 is 0. The van der Waals surface area contributed by atoms with Crippen LogP contribution in [0.1, 0.15) is 30.5 Å². The molecule has 0 radical (unpaired) electrons. The number of amides is 3. The molecule has 9 nitrogen and oxygen atoms in total. The number of hydrogen-bond donors (Lipinski definition) is 1. The van der Waals surface area contributed by atoms with E-state index in [9.17, 15) is 27.6 Å². The Hall–Kier alpha value is -3.38. The van der Waals surface area contributed by atoms with Crippen LogP contribution in [0.3, 0.4) is 0 Å². The summed E-state index contributed by atoms with van der Waals surface area (Å²) in [6.07, 6.45) is -2.33.